The fourth-order valence-electron chi connectivity index (χ4n) is 1.24. The third-order valence-corrected chi connectivity index (χ3v) is 2.86. The molecule has 2 nitrogen and oxygen atoms in total. The lowest BCUT2D eigenvalue weighted by Crippen LogP contribution is -1.79. The van der Waals surface area contributed by atoms with Crippen molar-refractivity contribution in [3.05, 3.63) is 58.3 Å². The number of benzene rings is 1. The third kappa shape index (κ3) is 3.29. The molecule has 0 N–H and O–H groups in total. The Kier molecular flexibility index (Phi) is 3.63. The van der Waals surface area contributed by atoms with E-state index in [1.165, 1.54) is 10.4 Å². The van der Waals surface area contributed by atoms with Gasteiger partial charge in [0.15, 0.2) is 0 Å². The summed E-state index contributed by atoms with van der Waals surface area (Å²) in [7, 11) is 0. The SMILES string of the molecule is c1ccc(CN=NCc2cccs2)cc1. The van der Waals surface area contributed by atoms with Gasteiger partial charge in [-0.1, -0.05) is 36.4 Å². The molecule has 1 aromatic carbocycles. The summed E-state index contributed by atoms with van der Waals surface area (Å²) < 4.78 is 0. The van der Waals surface area contributed by atoms with Crippen LogP contribution < -0.4 is 0 Å². The summed E-state index contributed by atoms with van der Waals surface area (Å²) in [6.45, 7) is 1.37. The van der Waals surface area contributed by atoms with Gasteiger partial charge in [-0.3, -0.25) is 0 Å². The van der Waals surface area contributed by atoms with Crippen molar-refractivity contribution in [2.45, 2.75) is 13.1 Å². The minimum absolute atomic E-state index is 0.673. The molecule has 0 spiro atoms. The lowest BCUT2D eigenvalue weighted by Gasteiger charge is -1.93. The molecule has 1 heterocycles. The summed E-state index contributed by atoms with van der Waals surface area (Å²) in [6.07, 6.45) is 0. The van der Waals surface area contributed by atoms with Crippen molar-refractivity contribution >= 4 is 11.3 Å². The van der Waals surface area contributed by atoms with E-state index in [2.05, 4.69) is 33.8 Å². The Bertz CT molecular complexity index is 406. The van der Waals surface area contributed by atoms with Crippen molar-refractivity contribution in [1.29, 1.82) is 0 Å². The van der Waals surface area contributed by atoms with E-state index in [-0.39, 0.29) is 0 Å². The molecule has 2 rings (SSSR count). The van der Waals surface area contributed by atoms with Crippen molar-refractivity contribution in [3.8, 4) is 0 Å². The van der Waals surface area contributed by atoms with Crippen molar-refractivity contribution in [2.24, 2.45) is 10.2 Å². The monoisotopic (exact) mass is 216 g/mol. The number of hydrogen-bond donors (Lipinski definition) is 0. The quantitative estimate of drug-likeness (QED) is 0.692. The number of rotatable bonds is 4. The van der Waals surface area contributed by atoms with E-state index in [0.29, 0.717) is 13.1 Å². The lowest BCUT2D eigenvalue weighted by molar-refractivity contribution is 0.859. The zero-order chi connectivity index (χ0) is 10.3. The van der Waals surface area contributed by atoms with Crippen LogP contribution in [0.25, 0.3) is 0 Å². The van der Waals surface area contributed by atoms with Crippen LogP contribution >= 0.6 is 11.3 Å². The molecule has 2 aromatic rings. The zero-order valence-corrected chi connectivity index (χ0v) is 9.15. The molecule has 0 aliphatic heterocycles. The van der Waals surface area contributed by atoms with E-state index in [1.807, 2.05) is 24.3 Å². The predicted octanol–water partition coefficient (Wildman–Crippen LogP) is 3.90. The minimum atomic E-state index is 0.673. The first-order valence-corrected chi connectivity index (χ1v) is 5.73. The zero-order valence-electron chi connectivity index (χ0n) is 8.34. The maximum Gasteiger partial charge on any atom is 0.0941 e. The molecule has 0 aliphatic rings. The summed E-state index contributed by atoms with van der Waals surface area (Å²) in [5.41, 5.74) is 1.20. The molecule has 0 amide bonds. The van der Waals surface area contributed by atoms with Crippen LogP contribution in [-0.4, -0.2) is 0 Å². The fourth-order valence-corrected chi connectivity index (χ4v) is 1.86. The smallest absolute Gasteiger partial charge is 0.0941 e. The van der Waals surface area contributed by atoms with Gasteiger partial charge in [-0.2, -0.15) is 10.2 Å². The highest BCUT2D eigenvalue weighted by atomic mass is 32.1. The van der Waals surface area contributed by atoms with Gasteiger partial charge in [0.25, 0.3) is 0 Å². The maximum atomic E-state index is 4.15. The topological polar surface area (TPSA) is 24.7 Å². The molecule has 0 radical (unpaired) electrons. The second-order valence-electron chi connectivity index (χ2n) is 3.16. The molecule has 0 saturated heterocycles. The van der Waals surface area contributed by atoms with Gasteiger partial charge >= 0.3 is 0 Å². The van der Waals surface area contributed by atoms with Crippen LogP contribution in [0.2, 0.25) is 0 Å². The van der Waals surface area contributed by atoms with Gasteiger partial charge in [-0.25, -0.2) is 0 Å². The Labute approximate surface area is 93.3 Å². The highest BCUT2D eigenvalue weighted by Gasteiger charge is 1.90. The first-order valence-electron chi connectivity index (χ1n) is 4.85. The van der Waals surface area contributed by atoms with Crippen molar-refractivity contribution in [2.75, 3.05) is 0 Å². The number of azo groups is 1. The van der Waals surface area contributed by atoms with Crippen LogP contribution in [-0.2, 0) is 13.1 Å². The molecule has 0 atom stereocenters. The average molecular weight is 216 g/mol. The molecular formula is C12H12N2S. The van der Waals surface area contributed by atoms with Crippen LogP contribution in [0.1, 0.15) is 10.4 Å². The Hall–Kier alpha value is -1.48. The third-order valence-electron chi connectivity index (χ3n) is 2.00. The molecule has 0 bridgehead atoms. The first kappa shape index (κ1) is 10.1. The van der Waals surface area contributed by atoms with Crippen molar-refractivity contribution in [1.82, 2.24) is 0 Å². The van der Waals surface area contributed by atoms with Gasteiger partial charge in [0, 0.05) is 4.88 Å². The van der Waals surface area contributed by atoms with E-state index in [4.69, 9.17) is 0 Å². The molecule has 76 valence electrons. The normalized spacial score (nSPS) is 10.9. The highest BCUT2D eigenvalue weighted by Crippen LogP contribution is 2.10. The summed E-state index contributed by atoms with van der Waals surface area (Å²) in [5, 5.41) is 10.4. The first-order chi connectivity index (χ1) is 7.45. The van der Waals surface area contributed by atoms with Crippen LogP contribution in [0.5, 0.6) is 0 Å². The van der Waals surface area contributed by atoms with Crippen molar-refractivity contribution < 1.29 is 0 Å². The highest BCUT2D eigenvalue weighted by molar-refractivity contribution is 7.09. The lowest BCUT2D eigenvalue weighted by atomic mass is 10.2. The molecule has 1 aromatic heterocycles. The Balaban J connectivity index is 1.81. The van der Waals surface area contributed by atoms with Crippen LogP contribution in [0.15, 0.2) is 58.1 Å². The predicted molar refractivity (Wildman–Crippen MR) is 63.0 cm³/mol. The molecular weight excluding hydrogens is 204 g/mol. The molecule has 0 unspecified atom stereocenters. The van der Waals surface area contributed by atoms with Gasteiger partial charge in [-0.15, -0.1) is 11.3 Å². The van der Waals surface area contributed by atoms with E-state index in [9.17, 15) is 0 Å². The van der Waals surface area contributed by atoms with E-state index in [1.54, 1.807) is 11.3 Å². The second-order valence-corrected chi connectivity index (χ2v) is 4.20. The molecule has 0 fully saturated rings. The molecule has 0 aliphatic carbocycles. The van der Waals surface area contributed by atoms with Gasteiger partial charge in [0.1, 0.15) is 0 Å². The summed E-state index contributed by atoms with van der Waals surface area (Å²) >= 11 is 1.72. The van der Waals surface area contributed by atoms with Gasteiger partial charge < -0.3 is 0 Å². The largest absolute Gasteiger partial charge is 0.189 e. The summed E-state index contributed by atoms with van der Waals surface area (Å²) in [4.78, 5) is 1.26. The minimum Gasteiger partial charge on any atom is -0.189 e. The van der Waals surface area contributed by atoms with Gasteiger partial charge in [-0.05, 0) is 17.0 Å². The fraction of sp³-hybridized carbons (Fsp3) is 0.167. The van der Waals surface area contributed by atoms with Crippen LogP contribution in [0.4, 0.5) is 0 Å². The van der Waals surface area contributed by atoms with E-state index >= 15 is 0 Å². The second kappa shape index (κ2) is 5.41. The number of nitrogens with zero attached hydrogens (tertiary/aromatic N) is 2. The Morgan fingerprint density at radius 2 is 1.67 bits per heavy atom. The van der Waals surface area contributed by atoms with Gasteiger partial charge in [0.05, 0.1) is 13.1 Å². The van der Waals surface area contributed by atoms with Crippen LogP contribution in [0.3, 0.4) is 0 Å². The van der Waals surface area contributed by atoms with Gasteiger partial charge in [0.2, 0.25) is 0 Å². The maximum absolute atomic E-state index is 4.15. The van der Waals surface area contributed by atoms with E-state index < -0.39 is 0 Å². The molecule has 3 heteroatoms. The average Bonchev–Trinajstić information content (AvgIpc) is 2.79. The van der Waals surface area contributed by atoms with E-state index in [0.717, 1.165) is 0 Å². The number of hydrogen-bond acceptors (Lipinski definition) is 3. The number of thiophene rings is 1. The Morgan fingerprint density at radius 1 is 0.867 bits per heavy atom. The van der Waals surface area contributed by atoms with Crippen LogP contribution in [0, 0.1) is 0 Å². The standard InChI is InChI=1S/C12H12N2S/c1-2-5-11(6-3-1)9-13-14-10-12-7-4-8-15-12/h1-8H,9-10H2. The molecule has 15 heavy (non-hydrogen) atoms. The summed E-state index contributed by atoms with van der Waals surface area (Å²) in [5.74, 6) is 0. The van der Waals surface area contributed by atoms with Crippen molar-refractivity contribution in [3.63, 3.8) is 0 Å². The molecule has 0 saturated carbocycles. The summed E-state index contributed by atoms with van der Waals surface area (Å²) in [6, 6.07) is 14.3. The Morgan fingerprint density at radius 3 is 2.40 bits per heavy atom.